The van der Waals surface area contributed by atoms with E-state index < -0.39 is 0 Å². The molecule has 22 heavy (non-hydrogen) atoms. The predicted octanol–water partition coefficient (Wildman–Crippen LogP) is 3.25. The van der Waals surface area contributed by atoms with Crippen LogP contribution in [0.2, 0.25) is 0 Å². The van der Waals surface area contributed by atoms with E-state index in [0.29, 0.717) is 31.9 Å². The molecule has 1 aromatic heterocycles. The maximum absolute atomic E-state index is 11.3. The number of fused-ring (bicyclic) bond motifs is 1. The molecule has 120 valence electrons. The van der Waals surface area contributed by atoms with Crippen LogP contribution in [-0.4, -0.2) is 37.0 Å². The second kappa shape index (κ2) is 7.96. The lowest BCUT2D eigenvalue weighted by Crippen LogP contribution is -2.23. The zero-order chi connectivity index (χ0) is 15.9. The lowest BCUT2D eigenvalue weighted by atomic mass is 10.2. The molecule has 0 bridgehead atoms. The highest BCUT2D eigenvalue weighted by molar-refractivity contribution is 5.98. The van der Waals surface area contributed by atoms with E-state index in [0.717, 1.165) is 22.9 Å². The van der Waals surface area contributed by atoms with Crippen LogP contribution < -0.4 is 4.74 Å². The van der Waals surface area contributed by atoms with E-state index in [1.807, 2.05) is 49.7 Å². The van der Waals surface area contributed by atoms with Crippen molar-refractivity contribution >= 4 is 17.2 Å². The third kappa shape index (κ3) is 3.67. The third-order valence-corrected chi connectivity index (χ3v) is 3.37. The second-order valence-corrected chi connectivity index (χ2v) is 4.81. The van der Waals surface area contributed by atoms with Gasteiger partial charge in [0.15, 0.2) is 12.6 Å². The van der Waals surface area contributed by atoms with Gasteiger partial charge in [-0.05, 0) is 39.0 Å². The fourth-order valence-electron chi connectivity index (χ4n) is 2.49. The minimum absolute atomic E-state index is 0.323. The van der Waals surface area contributed by atoms with Gasteiger partial charge in [0.25, 0.3) is 0 Å². The Morgan fingerprint density at radius 3 is 2.45 bits per heavy atom. The number of carbonyl (C=O) groups excluding carboxylic acids is 1. The minimum Gasteiger partial charge on any atom is -0.494 e. The van der Waals surface area contributed by atoms with E-state index in [-0.39, 0.29) is 6.29 Å². The van der Waals surface area contributed by atoms with Crippen LogP contribution in [0, 0.1) is 0 Å². The molecular weight excluding hydrogens is 282 g/mol. The topological polar surface area (TPSA) is 49.7 Å². The molecule has 1 heterocycles. The van der Waals surface area contributed by atoms with E-state index >= 15 is 0 Å². The van der Waals surface area contributed by atoms with Crippen LogP contribution in [0.15, 0.2) is 24.4 Å². The molecule has 5 nitrogen and oxygen atoms in total. The van der Waals surface area contributed by atoms with Gasteiger partial charge < -0.3 is 18.8 Å². The van der Waals surface area contributed by atoms with Crippen molar-refractivity contribution in [2.75, 3.05) is 19.8 Å². The molecule has 0 fully saturated rings. The number of hydrogen-bond donors (Lipinski definition) is 0. The summed E-state index contributed by atoms with van der Waals surface area (Å²) in [6.45, 7) is 8.11. The molecule has 0 N–H and O–H groups in total. The van der Waals surface area contributed by atoms with Gasteiger partial charge in [0.1, 0.15) is 5.75 Å². The Kier molecular flexibility index (Phi) is 5.98. The first kappa shape index (κ1) is 16.5. The molecule has 1 aromatic carbocycles. The lowest BCUT2D eigenvalue weighted by Gasteiger charge is -2.18. The molecule has 0 aliphatic carbocycles. The molecule has 0 saturated heterocycles. The fraction of sp³-hybridized carbons (Fsp3) is 0.471. The summed E-state index contributed by atoms with van der Waals surface area (Å²) in [4.78, 5) is 11.3. The van der Waals surface area contributed by atoms with E-state index in [2.05, 4.69) is 0 Å². The molecule has 0 aliphatic heterocycles. The normalized spacial score (nSPS) is 11.3. The summed E-state index contributed by atoms with van der Waals surface area (Å²) >= 11 is 0. The van der Waals surface area contributed by atoms with Crippen molar-refractivity contribution in [1.82, 2.24) is 4.57 Å². The van der Waals surface area contributed by atoms with Gasteiger partial charge in [-0.3, -0.25) is 4.79 Å². The van der Waals surface area contributed by atoms with Crippen molar-refractivity contribution in [1.29, 1.82) is 0 Å². The highest BCUT2D eigenvalue weighted by atomic mass is 16.7. The molecule has 0 spiro atoms. The largest absolute Gasteiger partial charge is 0.494 e. The summed E-state index contributed by atoms with van der Waals surface area (Å²) in [5, 5.41) is 0.882. The number of aromatic nitrogens is 1. The summed E-state index contributed by atoms with van der Waals surface area (Å²) in [5.74, 6) is 0.766. The van der Waals surface area contributed by atoms with Crippen molar-refractivity contribution in [3.05, 3.63) is 30.0 Å². The molecule has 0 saturated carbocycles. The SMILES string of the molecule is CCOc1ccc2c(c1)c(C=O)cn2CC(OCC)OCC. The lowest BCUT2D eigenvalue weighted by molar-refractivity contribution is -0.143. The van der Waals surface area contributed by atoms with Crippen molar-refractivity contribution < 1.29 is 19.0 Å². The predicted molar refractivity (Wildman–Crippen MR) is 85.5 cm³/mol. The molecular formula is C17H23NO4. The molecule has 0 unspecified atom stereocenters. The highest BCUT2D eigenvalue weighted by Gasteiger charge is 2.14. The Morgan fingerprint density at radius 1 is 1.14 bits per heavy atom. The number of rotatable bonds is 9. The molecule has 0 amide bonds. The summed E-state index contributed by atoms with van der Waals surface area (Å²) in [7, 11) is 0. The molecule has 2 aromatic rings. The Balaban J connectivity index is 2.35. The van der Waals surface area contributed by atoms with Gasteiger partial charge in [-0.2, -0.15) is 0 Å². The zero-order valence-corrected chi connectivity index (χ0v) is 13.4. The number of hydrogen-bond acceptors (Lipinski definition) is 4. The fourth-order valence-corrected chi connectivity index (χ4v) is 2.49. The van der Waals surface area contributed by atoms with Crippen LogP contribution in [0.1, 0.15) is 31.1 Å². The van der Waals surface area contributed by atoms with Gasteiger partial charge in [-0.15, -0.1) is 0 Å². The van der Waals surface area contributed by atoms with E-state index in [9.17, 15) is 4.79 Å². The minimum atomic E-state index is -0.323. The van der Waals surface area contributed by atoms with Crippen LogP contribution in [0.5, 0.6) is 5.75 Å². The number of carbonyl (C=O) groups is 1. The van der Waals surface area contributed by atoms with Gasteiger partial charge in [-0.25, -0.2) is 0 Å². The molecule has 0 radical (unpaired) electrons. The van der Waals surface area contributed by atoms with Gasteiger partial charge in [0.05, 0.1) is 13.2 Å². The Labute approximate surface area is 130 Å². The molecule has 0 aliphatic rings. The zero-order valence-electron chi connectivity index (χ0n) is 13.4. The van der Waals surface area contributed by atoms with Crippen LogP contribution in [0.3, 0.4) is 0 Å². The maximum atomic E-state index is 11.3. The van der Waals surface area contributed by atoms with Crippen molar-refractivity contribution in [3.8, 4) is 5.75 Å². The van der Waals surface area contributed by atoms with Crippen LogP contribution in [-0.2, 0) is 16.0 Å². The highest BCUT2D eigenvalue weighted by Crippen LogP contribution is 2.26. The number of ether oxygens (including phenoxy) is 3. The molecule has 5 heteroatoms. The van der Waals surface area contributed by atoms with Crippen molar-refractivity contribution in [2.24, 2.45) is 0 Å². The van der Waals surface area contributed by atoms with E-state index in [4.69, 9.17) is 14.2 Å². The van der Waals surface area contributed by atoms with Crippen LogP contribution >= 0.6 is 0 Å². The summed E-state index contributed by atoms with van der Waals surface area (Å²) < 4.78 is 18.7. The first-order valence-corrected chi connectivity index (χ1v) is 7.67. The average molecular weight is 305 g/mol. The van der Waals surface area contributed by atoms with Crippen molar-refractivity contribution in [3.63, 3.8) is 0 Å². The number of aldehydes is 1. The average Bonchev–Trinajstić information content (AvgIpc) is 2.85. The quantitative estimate of drug-likeness (QED) is 0.527. The molecule has 2 rings (SSSR count). The van der Waals surface area contributed by atoms with Crippen molar-refractivity contribution in [2.45, 2.75) is 33.6 Å². The second-order valence-electron chi connectivity index (χ2n) is 4.81. The first-order valence-electron chi connectivity index (χ1n) is 7.67. The summed E-state index contributed by atoms with van der Waals surface area (Å²) in [5.41, 5.74) is 1.61. The van der Waals surface area contributed by atoms with E-state index in [1.165, 1.54) is 0 Å². The van der Waals surface area contributed by atoms with Crippen LogP contribution in [0.25, 0.3) is 10.9 Å². The summed E-state index contributed by atoms with van der Waals surface area (Å²) in [6.07, 6.45) is 2.38. The van der Waals surface area contributed by atoms with Gasteiger partial charge in [0.2, 0.25) is 0 Å². The van der Waals surface area contributed by atoms with Gasteiger partial charge in [0, 0.05) is 35.9 Å². The Hall–Kier alpha value is -1.85. The van der Waals surface area contributed by atoms with Gasteiger partial charge >= 0.3 is 0 Å². The smallest absolute Gasteiger partial charge is 0.175 e. The number of nitrogens with zero attached hydrogens (tertiary/aromatic N) is 1. The Bertz CT molecular complexity index is 614. The van der Waals surface area contributed by atoms with E-state index in [1.54, 1.807) is 0 Å². The standard InChI is InChI=1S/C17H23NO4/c1-4-20-14-7-8-16-15(9-14)13(12-19)10-18(16)11-17(21-5-2)22-6-3/h7-10,12,17H,4-6,11H2,1-3H3. The molecule has 0 atom stereocenters. The number of benzene rings is 1. The maximum Gasteiger partial charge on any atom is 0.175 e. The van der Waals surface area contributed by atoms with Crippen LogP contribution in [0.4, 0.5) is 0 Å². The Morgan fingerprint density at radius 2 is 1.86 bits per heavy atom. The van der Waals surface area contributed by atoms with Gasteiger partial charge in [-0.1, -0.05) is 0 Å². The summed E-state index contributed by atoms with van der Waals surface area (Å²) in [6, 6.07) is 5.77. The third-order valence-electron chi connectivity index (χ3n) is 3.37. The first-order chi connectivity index (χ1) is 10.7. The monoisotopic (exact) mass is 305 g/mol.